The maximum atomic E-state index is 12.9. The fourth-order valence-corrected chi connectivity index (χ4v) is 5.06. The average molecular weight is 503 g/mol. The minimum atomic E-state index is -2.10. The summed E-state index contributed by atoms with van der Waals surface area (Å²) in [6.45, 7) is 15.9. The second kappa shape index (κ2) is 7.79. The molecule has 0 fully saturated rings. The Hall–Kier alpha value is -3.91. The maximum absolute atomic E-state index is 12.9. The van der Waals surface area contributed by atoms with Gasteiger partial charge in [0, 0.05) is 38.9 Å². The highest BCUT2D eigenvalue weighted by Gasteiger charge is 2.39. The second-order valence-electron chi connectivity index (χ2n) is 10.6. The molecule has 8 heteroatoms. The number of hydrogen-bond acceptors (Lipinski definition) is 7. The highest BCUT2D eigenvalue weighted by atomic mass is 28.4. The minimum Gasteiger partial charge on any atom is -0.543 e. The largest absolute Gasteiger partial charge is 0.543 e. The number of esters is 1. The topological polar surface area (TPSA) is 96.0 Å². The molecule has 0 saturated carbocycles. The van der Waals surface area contributed by atoms with Crippen molar-refractivity contribution in [2.45, 2.75) is 45.8 Å². The normalized spacial score (nSPS) is 12.6. The Morgan fingerprint density at radius 1 is 0.833 bits per heavy atom. The average Bonchev–Trinajstić information content (AvgIpc) is 2.74. The smallest absolute Gasteiger partial charge is 0.345 e. The van der Waals surface area contributed by atoms with E-state index in [0.29, 0.717) is 32.5 Å². The van der Waals surface area contributed by atoms with Crippen molar-refractivity contribution in [2.24, 2.45) is 0 Å². The van der Waals surface area contributed by atoms with Gasteiger partial charge in [-0.15, -0.1) is 0 Å². The minimum absolute atomic E-state index is 0.00663. The molecule has 0 N–H and O–H groups in total. The molecule has 0 aliphatic heterocycles. The number of hydrogen-bond donors (Lipinski definition) is 0. The van der Waals surface area contributed by atoms with Crippen molar-refractivity contribution in [3.8, 4) is 11.5 Å². The molecule has 0 atom stereocenters. The molecule has 0 bridgehead atoms. The van der Waals surface area contributed by atoms with Crippen LogP contribution in [0.25, 0.3) is 21.9 Å². The van der Waals surface area contributed by atoms with Crippen molar-refractivity contribution in [2.75, 3.05) is 0 Å². The van der Waals surface area contributed by atoms with Crippen molar-refractivity contribution in [1.82, 2.24) is 0 Å². The van der Waals surface area contributed by atoms with Crippen LogP contribution in [-0.4, -0.2) is 14.3 Å². The van der Waals surface area contributed by atoms with E-state index in [0.717, 1.165) is 0 Å². The van der Waals surface area contributed by atoms with E-state index in [1.165, 1.54) is 6.07 Å². The van der Waals surface area contributed by atoms with Gasteiger partial charge in [0.25, 0.3) is 0 Å². The highest BCUT2D eigenvalue weighted by Crippen LogP contribution is 2.38. The quantitative estimate of drug-likeness (QED) is 0.103. The molecule has 5 rings (SSSR count). The third kappa shape index (κ3) is 3.60. The molecule has 7 nitrogen and oxygen atoms in total. The number of benzene rings is 2. The maximum Gasteiger partial charge on any atom is 0.345 e. The number of carbonyl (C=O) groups excluding carboxylic acids is 1. The van der Waals surface area contributed by atoms with Crippen LogP contribution in [0.3, 0.4) is 0 Å². The van der Waals surface area contributed by atoms with Crippen molar-refractivity contribution in [1.29, 1.82) is 0 Å². The Morgan fingerprint density at radius 2 is 1.31 bits per heavy atom. The summed E-state index contributed by atoms with van der Waals surface area (Å²) in [6, 6.07) is 10.2. The summed E-state index contributed by atoms with van der Waals surface area (Å²) >= 11 is 0. The van der Waals surface area contributed by atoms with Gasteiger partial charge in [0.1, 0.15) is 22.7 Å². The Morgan fingerprint density at radius 3 is 1.78 bits per heavy atom. The second-order valence-corrected chi connectivity index (χ2v) is 15.4. The fourth-order valence-electron chi connectivity index (χ4n) is 4.04. The molecular formula is C28H26O7Si. The van der Waals surface area contributed by atoms with Gasteiger partial charge in [0.15, 0.2) is 0 Å². The van der Waals surface area contributed by atoms with Crippen molar-refractivity contribution < 1.29 is 22.8 Å². The summed E-state index contributed by atoms with van der Waals surface area (Å²) < 4.78 is 22.7. The van der Waals surface area contributed by atoms with Gasteiger partial charge in [-0.3, -0.25) is 0 Å². The van der Waals surface area contributed by atoms with E-state index in [4.69, 9.17) is 18.0 Å². The molecule has 4 aromatic rings. The SMILES string of the molecule is C=C(C)C(=O)Oc1ccc2c3c(c(=O)oc2c1)=c1c(=O)oc2cc(O[Si](C)(C)C(C)(C)C)ccc2c1=3. The lowest BCUT2D eigenvalue weighted by molar-refractivity contribution is -0.130. The van der Waals surface area contributed by atoms with Crippen molar-refractivity contribution >= 4 is 36.2 Å². The predicted molar refractivity (Wildman–Crippen MR) is 139 cm³/mol. The predicted octanol–water partition coefficient (Wildman–Crippen LogP) is 5.65. The van der Waals surface area contributed by atoms with E-state index in [2.05, 4.69) is 40.4 Å². The third-order valence-corrected chi connectivity index (χ3v) is 11.4. The first kappa shape index (κ1) is 23.8. The standard InChI is InChI=1S/C28H26O7Si/c1-14(2)25(29)32-15-8-10-17-19(12-15)33-26(30)23-21(17)22-18-11-9-16(35-36(6,7)28(3,4)5)13-20(18)34-27(31)24(22)23/h8-13H,1H2,2-7H3. The van der Waals surface area contributed by atoms with E-state index < -0.39 is 25.5 Å². The Kier molecular flexibility index (Phi) is 5.16. The van der Waals surface area contributed by atoms with E-state index >= 15 is 0 Å². The van der Waals surface area contributed by atoms with E-state index in [9.17, 15) is 14.4 Å². The summed E-state index contributed by atoms with van der Waals surface area (Å²) in [6.07, 6.45) is 0. The monoisotopic (exact) mass is 502 g/mol. The molecule has 0 radical (unpaired) electrons. The van der Waals surface area contributed by atoms with Gasteiger partial charge in [-0.2, -0.15) is 0 Å². The molecule has 1 aliphatic rings. The lowest BCUT2D eigenvalue weighted by atomic mass is 9.98. The zero-order valence-electron chi connectivity index (χ0n) is 21.0. The van der Waals surface area contributed by atoms with Gasteiger partial charge in [0.05, 0.1) is 10.4 Å². The molecule has 0 spiro atoms. The first-order valence-electron chi connectivity index (χ1n) is 11.6. The van der Waals surface area contributed by atoms with Crippen LogP contribution in [0, 0.1) is 20.9 Å². The Labute approximate surface area is 206 Å². The molecule has 2 aromatic heterocycles. The zero-order chi connectivity index (χ0) is 26.2. The summed E-state index contributed by atoms with van der Waals surface area (Å²) in [4.78, 5) is 37.6. The molecule has 184 valence electrons. The fraction of sp³-hybridized carbons (Fsp3) is 0.250. The van der Waals surface area contributed by atoms with Crippen molar-refractivity contribution in [3.63, 3.8) is 0 Å². The summed E-state index contributed by atoms with van der Waals surface area (Å²) in [7, 11) is -2.10. The lowest BCUT2D eigenvalue weighted by Gasteiger charge is -2.36. The van der Waals surface area contributed by atoms with Crippen LogP contribution in [-0.2, 0) is 4.79 Å². The van der Waals surface area contributed by atoms with Gasteiger partial charge in [-0.25, -0.2) is 14.4 Å². The van der Waals surface area contributed by atoms with Gasteiger partial charge < -0.3 is 18.0 Å². The Balaban J connectivity index is 1.75. The van der Waals surface area contributed by atoms with Crippen LogP contribution in [0.5, 0.6) is 11.5 Å². The van der Waals surface area contributed by atoms with Crippen LogP contribution in [0.1, 0.15) is 27.7 Å². The third-order valence-electron chi connectivity index (χ3n) is 7.00. The van der Waals surface area contributed by atoms with Gasteiger partial charge in [-0.1, -0.05) is 27.4 Å². The highest BCUT2D eigenvalue weighted by molar-refractivity contribution is 6.74. The van der Waals surface area contributed by atoms with Gasteiger partial charge >= 0.3 is 17.2 Å². The molecule has 0 unspecified atom stereocenters. The lowest BCUT2D eigenvalue weighted by Crippen LogP contribution is -2.43. The van der Waals surface area contributed by atoms with Crippen LogP contribution in [0.15, 0.2) is 67.0 Å². The molecular weight excluding hydrogens is 476 g/mol. The van der Waals surface area contributed by atoms with Crippen LogP contribution in [0.2, 0.25) is 18.1 Å². The van der Waals surface area contributed by atoms with Crippen LogP contribution in [0.4, 0.5) is 0 Å². The number of ether oxygens (including phenoxy) is 1. The van der Waals surface area contributed by atoms with E-state index in [1.807, 2.05) is 12.1 Å². The first-order valence-corrected chi connectivity index (χ1v) is 14.5. The Bertz CT molecular complexity index is 1940. The van der Waals surface area contributed by atoms with Crippen LogP contribution < -0.4 is 20.4 Å². The summed E-state index contributed by atoms with van der Waals surface area (Å²) in [5, 5.41) is 2.99. The number of fused-ring (bicyclic) bond motifs is 6. The summed E-state index contributed by atoms with van der Waals surface area (Å²) in [5.74, 6) is 0.284. The van der Waals surface area contributed by atoms with Crippen molar-refractivity contribution in [3.05, 3.63) is 90.3 Å². The van der Waals surface area contributed by atoms with Gasteiger partial charge in [-0.05, 0) is 49.3 Å². The van der Waals surface area contributed by atoms with E-state index in [1.54, 1.807) is 25.1 Å². The van der Waals surface area contributed by atoms with E-state index in [-0.39, 0.29) is 32.4 Å². The number of carbonyl (C=O) groups is 1. The molecule has 36 heavy (non-hydrogen) atoms. The van der Waals surface area contributed by atoms with Gasteiger partial charge in [0.2, 0.25) is 8.32 Å². The molecule has 1 aliphatic carbocycles. The molecule has 2 heterocycles. The first-order chi connectivity index (χ1) is 16.8. The molecule has 0 amide bonds. The number of rotatable bonds is 4. The van der Waals surface area contributed by atoms with Crippen LogP contribution >= 0.6 is 0 Å². The molecule has 2 aromatic carbocycles. The zero-order valence-corrected chi connectivity index (χ0v) is 22.0. The molecule has 0 saturated heterocycles. The summed E-state index contributed by atoms with van der Waals surface area (Å²) in [5.41, 5.74) is -0.381.